The zero-order valence-corrected chi connectivity index (χ0v) is 9.89. The van der Waals surface area contributed by atoms with E-state index in [2.05, 4.69) is 10.1 Å². The molecule has 0 bridgehead atoms. The molecule has 0 amide bonds. The summed E-state index contributed by atoms with van der Waals surface area (Å²) < 4.78 is 15.4. The van der Waals surface area contributed by atoms with Gasteiger partial charge in [-0.05, 0) is 19.9 Å². The summed E-state index contributed by atoms with van der Waals surface area (Å²) in [5.74, 6) is 1.13. The summed E-state index contributed by atoms with van der Waals surface area (Å²) in [7, 11) is 0. The lowest BCUT2D eigenvalue weighted by molar-refractivity contribution is 0.486. The Hall–Kier alpha value is -1.75. The van der Waals surface area contributed by atoms with Crippen molar-refractivity contribution in [2.24, 2.45) is 5.73 Å². The fourth-order valence-corrected chi connectivity index (χ4v) is 1.94. The molecule has 90 valence electrons. The number of aromatic nitrogens is 3. The number of hydrogen-bond acceptors (Lipinski definition) is 3. The van der Waals surface area contributed by atoms with Crippen LogP contribution in [0.2, 0.25) is 0 Å². The highest BCUT2D eigenvalue weighted by Gasteiger charge is 2.19. The molecule has 0 fully saturated rings. The molecule has 1 unspecified atom stereocenters. The average Bonchev–Trinajstić information content (AvgIpc) is 2.62. The van der Waals surface area contributed by atoms with Crippen LogP contribution in [-0.2, 0) is 0 Å². The Morgan fingerprint density at radius 3 is 2.59 bits per heavy atom. The maximum atomic E-state index is 13.7. The Kier molecular flexibility index (Phi) is 3.19. The van der Waals surface area contributed by atoms with Gasteiger partial charge in [-0.25, -0.2) is 14.1 Å². The van der Waals surface area contributed by atoms with Gasteiger partial charge in [-0.2, -0.15) is 5.10 Å². The van der Waals surface area contributed by atoms with E-state index in [1.807, 2.05) is 6.92 Å². The average molecular weight is 234 g/mol. The van der Waals surface area contributed by atoms with Crippen LogP contribution in [0.5, 0.6) is 0 Å². The molecule has 5 heteroatoms. The summed E-state index contributed by atoms with van der Waals surface area (Å²) in [6.45, 7) is 3.92. The number of benzene rings is 1. The van der Waals surface area contributed by atoms with Crippen LogP contribution in [0, 0.1) is 19.7 Å². The molecule has 0 aliphatic heterocycles. The molecule has 4 nitrogen and oxygen atoms in total. The third kappa shape index (κ3) is 2.19. The Labute approximate surface area is 99.3 Å². The highest BCUT2D eigenvalue weighted by atomic mass is 19.1. The van der Waals surface area contributed by atoms with Crippen LogP contribution in [0.15, 0.2) is 24.3 Å². The number of aryl methyl sites for hydroxylation is 2. The van der Waals surface area contributed by atoms with Gasteiger partial charge < -0.3 is 5.73 Å². The molecule has 1 aromatic heterocycles. The van der Waals surface area contributed by atoms with Gasteiger partial charge in [0, 0.05) is 12.1 Å². The molecular formula is C12H15FN4. The van der Waals surface area contributed by atoms with E-state index >= 15 is 0 Å². The SMILES string of the molecule is Cc1nc(C)n(C(CN)c2ccccc2F)n1. The second-order valence-electron chi connectivity index (χ2n) is 3.92. The van der Waals surface area contributed by atoms with Crippen molar-refractivity contribution in [1.29, 1.82) is 0 Å². The van der Waals surface area contributed by atoms with Crippen molar-refractivity contribution in [3.63, 3.8) is 0 Å². The summed E-state index contributed by atoms with van der Waals surface area (Å²) in [6, 6.07) is 6.30. The molecule has 1 heterocycles. The van der Waals surface area contributed by atoms with Crippen LogP contribution in [0.1, 0.15) is 23.3 Å². The van der Waals surface area contributed by atoms with Gasteiger partial charge in [0.05, 0.1) is 6.04 Å². The zero-order valence-electron chi connectivity index (χ0n) is 9.89. The molecule has 0 saturated heterocycles. The quantitative estimate of drug-likeness (QED) is 0.877. The van der Waals surface area contributed by atoms with Crippen LogP contribution in [0.25, 0.3) is 0 Å². The molecule has 17 heavy (non-hydrogen) atoms. The maximum absolute atomic E-state index is 13.7. The molecule has 0 spiro atoms. The fourth-order valence-electron chi connectivity index (χ4n) is 1.94. The van der Waals surface area contributed by atoms with Crippen molar-refractivity contribution in [2.75, 3.05) is 6.54 Å². The van der Waals surface area contributed by atoms with Crippen LogP contribution < -0.4 is 5.73 Å². The van der Waals surface area contributed by atoms with E-state index in [1.165, 1.54) is 6.07 Å². The molecule has 0 aliphatic carbocycles. The zero-order chi connectivity index (χ0) is 12.4. The van der Waals surface area contributed by atoms with Gasteiger partial charge in [-0.3, -0.25) is 0 Å². The van der Waals surface area contributed by atoms with E-state index in [0.29, 0.717) is 11.4 Å². The van der Waals surface area contributed by atoms with Crippen molar-refractivity contribution in [3.05, 3.63) is 47.3 Å². The predicted molar refractivity (Wildman–Crippen MR) is 63.1 cm³/mol. The van der Waals surface area contributed by atoms with E-state index < -0.39 is 0 Å². The maximum Gasteiger partial charge on any atom is 0.147 e. The molecule has 0 saturated carbocycles. The Balaban J connectivity index is 2.47. The van der Waals surface area contributed by atoms with Gasteiger partial charge in [-0.1, -0.05) is 18.2 Å². The standard InChI is InChI=1S/C12H15FN4/c1-8-15-9(2)17(16-8)12(7-14)10-5-3-4-6-11(10)13/h3-6,12H,7,14H2,1-2H3. The lowest BCUT2D eigenvalue weighted by Crippen LogP contribution is -2.23. The van der Waals surface area contributed by atoms with E-state index in [-0.39, 0.29) is 18.4 Å². The molecule has 2 N–H and O–H groups in total. The van der Waals surface area contributed by atoms with Gasteiger partial charge >= 0.3 is 0 Å². The van der Waals surface area contributed by atoms with Crippen molar-refractivity contribution in [1.82, 2.24) is 14.8 Å². The highest BCUT2D eigenvalue weighted by molar-refractivity contribution is 5.22. The van der Waals surface area contributed by atoms with Crippen molar-refractivity contribution < 1.29 is 4.39 Å². The lowest BCUT2D eigenvalue weighted by Gasteiger charge is -2.17. The first-order valence-corrected chi connectivity index (χ1v) is 5.47. The van der Waals surface area contributed by atoms with Crippen molar-refractivity contribution >= 4 is 0 Å². The normalized spacial score (nSPS) is 12.7. The first kappa shape index (κ1) is 11.7. The molecule has 0 radical (unpaired) electrons. The van der Waals surface area contributed by atoms with Gasteiger partial charge in [-0.15, -0.1) is 0 Å². The topological polar surface area (TPSA) is 56.7 Å². The monoisotopic (exact) mass is 234 g/mol. The summed E-state index contributed by atoms with van der Waals surface area (Å²) in [6.07, 6.45) is 0. The Bertz CT molecular complexity index is 521. The molecule has 1 aromatic carbocycles. The fraction of sp³-hybridized carbons (Fsp3) is 0.333. The van der Waals surface area contributed by atoms with Crippen LogP contribution >= 0.6 is 0 Å². The minimum atomic E-state index is -0.308. The minimum Gasteiger partial charge on any atom is -0.328 e. The predicted octanol–water partition coefficient (Wildman–Crippen LogP) is 1.58. The molecule has 1 atom stereocenters. The van der Waals surface area contributed by atoms with E-state index in [9.17, 15) is 4.39 Å². The van der Waals surface area contributed by atoms with E-state index in [1.54, 1.807) is 29.8 Å². The van der Waals surface area contributed by atoms with Gasteiger partial charge in [0.25, 0.3) is 0 Å². The van der Waals surface area contributed by atoms with Crippen molar-refractivity contribution in [2.45, 2.75) is 19.9 Å². The molecule has 2 aromatic rings. The van der Waals surface area contributed by atoms with Crippen LogP contribution in [0.4, 0.5) is 4.39 Å². The Morgan fingerprint density at radius 1 is 1.35 bits per heavy atom. The highest BCUT2D eigenvalue weighted by Crippen LogP contribution is 2.20. The third-order valence-corrected chi connectivity index (χ3v) is 2.69. The summed E-state index contributed by atoms with van der Waals surface area (Å²) in [4.78, 5) is 4.21. The number of halogens is 1. The lowest BCUT2D eigenvalue weighted by atomic mass is 10.1. The summed E-state index contributed by atoms with van der Waals surface area (Å²) >= 11 is 0. The smallest absolute Gasteiger partial charge is 0.147 e. The molecular weight excluding hydrogens is 219 g/mol. The number of nitrogens with zero attached hydrogens (tertiary/aromatic N) is 3. The minimum absolute atomic E-state index is 0.268. The van der Waals surface area contributed by atoms with E-state index in [0.717, 1.165) is 5.82 Å². The van der Waals surface area contributed by atoms with Crippen molar-refractivity contribution in [3.8, 4) is 0 Å². The molecule has 2 rings (SSSR count). The third-order valence-electron chi connectivity index (χ3n) is 2.69. The van der Waals surface area contributed by atoms with Gasteiger partial charge in [0.2, 0.25) is 0 Å². The largest absolute Gasteiger partial charge is 0.328 e. The van der Waals surface area contributed by atoms with Gasteiger partial charge in [0.1, 0.15) is 17.5 Å². The summed E-state index contributed by atoms with van der Waals surface area (Å²) in [5, 5.41) is 4.26. The summed E-state index contributed by atoms with van der Waals surface area (Å²) in [5.41, 5.74) is 6.27. The first-order valence-electron chi connectivity index (χ1n) is 5.47. The number of nitrogens with two attached hydrogens (primary N) is 1. The number of rotatable bonds is 3. The number of hydrogen-bond donors (Lipinski definition) is 1. The Morgan fingerprint density at radius 2 is 2.06 bits per heavy atom. The van der Waals surface area contributed by atoms with Crippen LogP contribution in [0.3, 0.4) is 0 Å². The van der Waals surface area contributed by atoms with Gasteiger partial charge in [0.15, 0.2) is 0 Å². The van der Waals surface area contributed by atoms with E-state index in [4.69, 9.17) is 5.73 Å². The first-order chi connectivity index (χ1) is 8.13. The second kappa shape index (κ2) is 4.63. The second-order valence-corrected chi connectivity index (χ2v) is 3.92. The van der Waals surface area contributed by atoms with Crippen LogP contribution in [-0.4, -0.2) is 21.3 Å². The molecule has 0 aliphatic rings.